The number of carbonyl (C=O) groups is 1. The Morgan fingerprint density at radius 2 is 1.72 bits per heavy atom. The first-order valence-corrected chi connectivity index (χ1v) is 12.1. The second kappa shape index (κ2) is 9.18. The molecule has 0 aliphatic carbocycles. The Labute approximate surface area is 188 Å². The highest BCUT2D eigenvalue weighted by atomic mass is 32.2. The summed E-state index contributed by atoms with van der Waals surface area (Å²) in [7, 11) is -2.27. The van der Waals surface area contributed by atoms with Gasteiger partial charge in [0, 0.05) is 42.4 Å². The molecule has 1 fully saturated rings. The monoisotopic (exact) mass is 453 g/mol. The van der Waals surface area contributed by atoms with Gasteiger partial charge in [-0.1, -0.05) is 12.5 Å². The van der Waals surface area contributed by atoms with E-state index in [1.165, 1.54) is 17.5 Å². The molecule has 7 nitrogen and oxygen atoms in total. The predicted molar refractivity (Wildman–Crippen MR) is 124 cm³/mol. The summed E-state index contributed by atoms with van der Waals surface area (Å²) in [6.07, 6.45) is 6.56. The summed E-state index contributed by atoms with van der Waals surface area (Å²) in [5.41, 5.74) is 2.83. The SMILES string of the molecule is COc1ccc(NC(=O)c2ccc(C)c(-n3cccc3)c2)cc1S(=O)(=O)N1CCCCC1. The number of benzene rings is 2. The normalized spacial score (nSPS) is 14.8. The average Bonchev–Trinajstić information content (AvgIpc) is 3.34. The van der Waals surface area contributed by atoms with Crippen LogP contribution in [0, 0.1) is 6.92 Å². The van der Waals surface area contributed by atoms with E-state index in [2.05, 4.69) is 5.32 Å². The largest absolute Gasteiger partial charge is 0.495 e. The Morgan fingerprint density at radius 1 is 1.00 bits per heavy atom. The van der Waals surface area contributed by atoms with Crippen molar-refractivity contribution in [2.24, 2.45) is 0 Å². The van der Waals surface area contributed by atoms with Crippen LogP contribution in [0.5, 0.6) is 5.75 Å². The molecule has 1 saturated heterocycles. The van der Waals surface area contributed by atoms with Gasteiger partial charge < -0.3 is 14.6 Å². The zero-order chi connectivity index (χ0) is 22.7. The number of hydrogen-bond donors (Lipinski definition) is 1. The second-order valence-electron chi connectivity index (χ2n) is 7.88. The molecule has 1 aliphatic heterocycles. The van der Waals surface area contributed by atoms with E-state index in [0.29, 0.717) is 24.3 Å². The lowest BCUT2D eigenvalue weighted by molar-refractivity contribution is 0.102. The highest BCUT2D eigenvalue weighted by Gasteiger charge is 2.29. The van der Waals surface area contributed by atoms with E-state index >= 15 is 0 Å². The molecule has 0 unspecified atom stereocenters. The number of nitrogens with zero attached hydrogens (tertiary/aromatic N) is 2. The molecule has 2 aromatic carbocycles. The van der Waals surface area contributed by atoms with Crippen molar-refractivity contribution < 1.29 is 17.9 Å². The minimum atomic E-state index is -3.72. The Kier molecular flexibility index (Phi) is 6.34. The molecule has 0 bridgehead atoms. The van der Waals surface area contributed by atoms with Gasteiger partial charge in [0.1, 0.15) is 10.6 Å². The van der Waals surface area contributed by atoms with Gasteiger partial charge in [-0.05, 0) is 67.8 Å². The highest BCUT2D eigenvalue weighted by Crippen LogP contribution is 2.31. The van der Waals surface area contributed by atoms with E-state index in [1.54, 1.807) is 18.2 Å². The number of carbonyl (C=O) groups excluding carboxylic acids is 1. The third kappa shape index (κ3) is 4.42. The number of methoxy groups -OCH3 is 1. The molecule has 0 spiro atoms. The molecule has 3 aromatic rings. The zero-order valence-corrected chi connectivity index (χ0v) is 19.1. The van der Waals surface area contributed by atoms with Gasteiger partial charge in [0.05, 0.1) is 7.11 Å². The number of amides is 1. The van der Waals surface area contributed by atoms with E-state index in [0.717, 1.165) is 30.5 Å². The van der Waals surface area contributed by atoms with Crippen LogP contribution in [0.4, 0.5) is 5.69 Å². The minimum absolute atomic E-state index is 0.0663. The van der Waals surface area contributed by atoms with Crippen molar-refractivity contribution in [2.75, 3.05) is 25.5 Å². The Morgan fingerprint density at radius 3 is 2.41 bits per heavy atom. The minimum Gasteiger partial charge on any atom is -0.495 e. The van der Waals surface area contributed by atoms with E-state index in [9.17, 15) is 13.2 Å². The van der Waals surface area contributed by atoms with Gasteiger partial charge in [-0.2, -0.15) is 4.31 Å². The number of aromatic nitrogens is 1. The first-order valence-electron chi connectivity index (χ1n) is 10.6. The summed E-state index contributed by atoms with van der Waals surface area (Å²) >= 11 is 0. The van der Waals surface area contributed by atoms with Crippen molar-refractivity contribution in [2.45, 2.75) is 31.1 Å². The van der Waals surface area contributed by atoms with Crippen molar-refractivity contribution in [3.05, 3.63) is 72.1 Å². The number of hydrogen-bond acceptors (Lipinski definition) is 4. The molecule has 0 saturated carbocycles. The van der Waals surface area contributed by atoms with Gasteiger partial charge in [0.15, 0.2) is 0 Å². The second-order valence-corrected chi connectivity index (χ2v) is 9.78. The molecule has 8 heteroatoms. The lowest BCUT2D eigenvalue weighted by atomic mass is 10.1. The average molecular weight is 454 g/mol. The molecule has 168 valence electrons. The van der Waals surface area contributed by atoms with Crippen molar-refractivity contribution in [3.8, 4) is 11.4 Å². The summed E-state index contributed by atoms with van der Waals surface area (Å²) in [5, 5.41) is 2.83. The van der Waals surface area contributed by atoms with Crippen LogP contribution in [0.3, 0.4) is 0 Å². The third-order valence-corrected chi connectivity index (χ3v) is 7.63. The standard InChI is InChI=1S/C24H27N3O4S/c1-18-8-9-19(16-21(18)26-12-6-7-13-26)24(28)25-20-10-11-22(31-2)23(17-20)32(29,30)27-14-4-3-5-15-27/h6-13,16-17H,3-5,14-15H2,1-2H3,(H,25,28). The molecule has 2 heterocycles. The fourth-order valence-electron chi connectivity index (χ4n) is 3.93. The van der Waals surface area contributed by atoms with E-state index in [4.69, 9.17) is 4.74 Å². The lowest BCUT2D eigenvalue weighted by Gasteiger charge is -2.26. The summed E-state index contributed by atoms with van der Waals surface area (Å²) in [6.45, 7) is 2.97. The fraction of sp³-hybridized carbons (Fsp3) is 0.292. The molecule has 0 atom stereocenters. The van der Waals surface area contributed by atoms with Crippen LogP contribution in [-0.4, -0.2) is 43.4 Å². The maximum absolute atomic E-state index is 13.2. The van der Waals surface area contributed by atoms with Crippen LogP contribution in [0.15, 0.2) is 65.8 Å². The van der Waals surface area contributed by atoms with Gasteiger partial charge in [0.25, 0.3) is 5.91 Å². The fourth-order valence-corrected chi connectivity index (χ4v) is 5.63. The van der Waals surface area contributed by atoms with Crippen LogP contribution >= 0.6 is 0 Å². The molecule has 4 rings (SSSR count). The summed E-state index contributed by atoms with van der Waals surface area (Å²) in [6, 6.07) is 14.0. The van der Waals surface area contributed by atoms with E-state index < -0.39 is 10.0 Å². The Hall–Kier alpha value is -3.10. The highest BCUT2D eigenvalue weighted by molar-refractivity contribution is 7.89. The first kappa shape index (κ1) is 22.1. The Bertz CT molecular complexity index is 1210. The van der Waals surface area contributed by atoms with E-state index in [1.807, 2.05) is 48.1 Å². The van der Waals surface area contributed by atoms with Crippen molar-refractivity contribution in [1.29, 1.82) is 0 Å². The predicted octanol–water partition coefficient (Wildman–Crippen LogP) is 4.22. The van der Waals surface area contributed by atoms with Gasteiger partial charge in [-0.25, -0.2) is 8.42 Å². The van der Waals surface area contributed by atoms with Crippen LogP contribution in [-0.2, 0) is 10.0 Å². The molecule has 32 heavy (non-hydrogen) atoms. The van der Waals surface area contributed by atoms with Crippen molar-refractivity contribution in [3.63, 3.8) is 0 Å². The van der Waals surface area contributed by atoms with Gasteiger partial charge in [0.2, 0.25) is 10.0 Å². The van der Waals surface area contributed by atoms with E-state index in [-0.39, 0.29) is 16.6 Å². The molecule has 1 aliphatic rings. The number of piperidine rings is 1. The topological polar surface area (TPSA) is 80.6 Å². The quantitative estimate of drug-likeness (QED) is 0.606. The molecular formula is C24H27N3O4S. The number of ether oxygens (including phenoxy) is 1. The van der Waals surface area contributed by atoms with Crippen molar-refractivity contribution >= 4 is 21.6 Å². The van der Waals surface area contributed by atoms with Crippen LogP contribution in [0.2, 0.25) is 0 Å². The molecule has 1 aromatic heterocycles. The van der Waals surface area contributed by atoms with Crippen LogP contribution < -0.4 is 10.1 Å². The molecular weight excluding hydrogens is 426 g/mol. The number of nitrogens with one attached hydrogen (secondary N) is 1. The summed E-state index contributed by atoms with van der Waals surface area (Å²) in [5.74, 6) is -0.0521. The van der Waals surface area contributed by atoms with Crippen LogP contribution in [0.25, 0.3) is 5.69 Å². The maximum Gasteiger partial charge on any atom is 0.255 e. The van der Waals surface area contributed by atoms with Crippen LogP contribution in [0.1, 0.15) is 35.2 Å². The molecule has 1 amide bonds. The number of aryl methyl sites for hydroxylation is 1. The van der Waals surface area contributed by atoms with Crippen molar-refractivity contribution in [1.82, 2.24) is 8.87 Å². The lowest BCUT2D eigenvalue weighted by Crippen LogP contribution is -2.35. The van der Waals surface area contributed by atoms with Gasteiger partial charge in [-0.3, -0.25) is 4.79 Å². The third-order valence-electron chi connectivity index (χ3n) is 5.71. The maximum atomic E-state index is 13.2. The molecule has 0 radical (unpaired) electrons. The first-order chi connectivity index (χ1) is 15.4. The van der Waals surface area contributed by atoms with Gasteiger partial charge >= 0.3 is 0 Å². The summed E-state index contributed by atoms with van der Waals surface area (Å²) in [4.78, 5) is 13.0. The molecule has 1 N–H and O–H groups in total. The van der Waals surface area contributed by atoms with Gasteiger partial charge in [-0.15, -0.1) is 0 Å². The number of anilines is 1. The smallest absolute Gasteiger partial charge is 0.255 e. The number of rotatable bonds is 6. The summed E-state index contributed by atoms with van der Waals surface area (Å²) < 4.78 is 35.2. The Balaban J connectivity index is 1.62. The number of sulfonamides is 1. The zero-order valence-electron chi connectivity index (χ0n) is 18.2.